The van der Waals surface area contributed by atoms with Crippen LogP contribution in [-0.4, -0.2) is 41.6 Å². The zero-order valence-corrected chi connectivity index (χ0v) is 17.9. The van der Waals surface area contributed by atoms with Gasteiger partial charge in [-0.25, -0.2) is 9.18 Å². The first-order valence-corrected chi connectivity index (χ1v) is 11.1. The van der Waals surface area contributed by atoms with Crippen LogP contribution in [0.25, 0.3) is 0 Å². The van der Waals surface area contributed by atoms with E-state index in [-0.39, 0.29) is 24.5 Å². The highest BCUT2D eigenvalue weighted by Crippen LogP contribution is 2.57. The summed E-state index contributed by atoms with van der Waals surface area (Å²) in [6.07, 6.45) is 6.10. The second kappa shape index (κ2) is 8.86. The van der Waals surface area contributed by atoms with E-state index in [1.165, 1.54) is 50.5 Å². The Labute approximate surface area is 182 Å². The minimum absolute atomic E-state index is 0.189. The highest BCUT2D eigenvalue weighted by atomic mass is 19.1. The molecule has 0 unspecified atom stereocenters. The highest BCUT2D eigenvalue weighted by molar-refractivity contribution is 5.82. The lowest BCUT2D eigenvalue weighted by molar-refractivity contribution is -0.165. The third kappa shape index (κ3) is 4.68. The molecule has 0 aromatic heterocycles. The molecule has 5 rings (SSSR count). The molecule has 4 aliphatic rings. The first-order valence-electron chi connectivity index (χ1n) is 11.1. The molecule has 4 bridgehead atoms. The van der Waals surface area contributed by atoms with Crippen molar-refractivity contribution in [2.45, 2.75) is 63.5 Å². The van der Waals surface area contributed by atoms with Gasteiger partial charge in [0.05, 0.1) is 12.5 Å². The number of amides is 1. The first kappa shape index (κ1) is 21.6. The largest absolute Gasteiger partial charge is 0.479 e. The summed E-state index contributed by atoms with van der Waals surface area (Å²) >= 11 is 0. The van der Waals surface area contributed by atoms with Crippen molar-refractivity contribution >= 4 is 11.9 Å². The molecule has 1 aromatic rings. The molecule has 1 atom stereocenters. The number of hydrogen-bond donors (Lipinski definition) is 0. The monoisotopic (exact) mass is 428 g/mol. The lowest BCUT2D eigenvalue weighted by Gasteiger charge is -2.60. The molecule has 31 heavy (non-hydrogen) atoms. The molecule has 0 spiro atoms. The van der Waals surface area contributed by atoms with E-state index in [0.29, 0.717) is 30.0 Å². The molecule has 4 saturated carbocycles. The van der Waals surface area contributed by atoms with E-state index in [2.05, 4.69) is 6.07 Å². The predicted molar refractivity (Wildman–Crippen MR) is 110 cm³/mol. The fourth-order valence-corrected chi connectivity index (χ4v) is 6.28. The van der Waals surface area contributed by atoms with Crippen molar-refractivity contribution in [3.05, 3.63) is 30.1 Å². The summed E-state index contributed by atoms with van der Waals surface area (Å²) in [6.45, 7) is 1.55. The maximum absolute atomic E-state index is 13.1. The maximum Gasteiger partial charge on any atom is 0.347 e. The van der Waals surface area contributed by atoms with Gasteiger partial charge >= 0.3 is 5.97 Å². The number of ether oxygens (including phenoxy) is 2. The van der Waals surface area contributed by atoms with Gasteiger partial charge in [0.25, 0.3) is 5.91 Å². The fraction of sp³-hybridized carbons (Fsp3) is 0.625. The Morgan fingerprint density at radius 1 is 1.16 bits per heavy atom. The SMILES string of the molecule is C[C@@H](Oc1ccc(F)cc1)C(=O)OCC(=O)N(CCC#N)C12CC3CC(CC(C3)C1)C2. The van der Waals surface area contributed by atoms with Gasteiger partial charge in [-0.2, -0.15) is 5.26 Å². The van der Waals surface area contributed by atoms with Crippen LogP contribution in [0.2, 0.25) is 0 Å². The van der Waals surface area contributed by atoms with Crippen LogP contribution in [0.1, 0.15) is 51.9 Å². The van der Waals surface area contributed by atoms with Gasteiger partial charge in [-0.15, -0.1) is 0 Å². The van der Waals surface area contributed by atoms with Gasteiger partial charge in [-0.1, -0.05) is 0 Å². The van der Waals surface area contributed by atoms with Gasteiger partial charge in [0.2, 0.25) is 0 Å². The zero-order valence-electron chi connectivity index (χ0n) is 17.9. The maximum atomic E-state index is 13.1. The van der Waals surface area contributed by atoms with Crippen LogP contribution >= 0.6 is 0 Å². The molecule has 0 heterocycles. The Morgan fingerprint density at radius 2 is 1.74 bits per heavy atom. The van der Waals surface area contributed by atoms with Gasteiger partial charge in [0.1, 0.15) is 11.6 Å². The van der Waals surface area contributed by atoms with Crippen LogP contribution in [0.5, 0.6) is 5.75 Å². The van der Waals surface area contributed by atoms with Gasteiger partial charge in [0, 0.05) is 12.1 Å². The molecular weight excluding hydrogens is 399 g/mol. The number of carbonyl (C=O) groups is 2. The molecule has 7 heteroatoms. The lowest BCUT2D eigenvalue weighted by atomic mass is 9.52. The Morgan fingerprint density at radius 3 is 2.29 bits per heavy atom. The molecule has 1 aromatic carbocycles. The molecule has 4 aliphatic carbocycles. The topological polar surface area (TPSA) is 79.6 Å². The molecule has 0 N–H and O–H groups in total. The summed E-state index contributed by atoms with van der Waals surface area (Å²) in [4.78, 5) is 27.4. The Bertz CT molecular complexity index is 828. The van der Waals surface area contributed by atoms with E-state index in [1.807, 2.05) is 4.90 Å². The molecule has 0 saturated heterocycles. The number of carbonyl (C=O) groups excluding carboxylic acids is 2. The predicted octanol–water partition coefficient (Wildman–Crippen LogP) is 3.85. The number of rotatable bonds is 8. The van der Waals surface area contributed by atoms with Crippen molar-refractivity contribution in [3.63, 3.8) is 0 Å². The van der Waals surface area contributed by atoms with Gasteiger partial charge in [-0.05, 0) is 87.5 Å². The van der Waals surface area contributed by atoms with Crippen LogP contribution < -0.4 is 4.74 Å². The summed E-state index contributed by atoms with van der Waals surface area (Å²) in [6, 6.07) is 7.51. The van der Waals surface area contributed by atoms with E-state index in [4.69, 9.17) is 14.7 Å². The summed E-state index contributed by atoms with van der Waals surface area (Å²) in [5.74, 6) is 1.06. The van der Waals surface area contributed by atoms with E-state index in [9.17, 15) is 14.0 Å². The lowest BCUT2D eigenvalue weighted by Crippen LogP contribution is -2.62. The van der Waals surface area contributed by atoms with Crippen LogP contribution in [-0.2, 0) is 14.3 Å². The van der Waals surface area contributed by atoms with Gasteiger partial charge in [-0.3, -0.25) is 4.79 Å². The number of benzene rings is 1. The first-order chi connectivity index (χ1) is 14.9. The summed E-state index contributed by atoms with van der Waals surface area (Å²) in [5.41, 5.74) is -0.189. The molecule has 1 amide bonds. The van der Waals surface area contributed by atoms with Crippen LogP contribution in [0.3, 0.4) is 0 Å². The van der Waals surface area contributed by atoms with Crippen LogP contribution in [0.15, 0.2) is 24.3 Å². The molecule has 4 fully saturated rings. The number of hydrogen-bond acceptors (Lipinski definition) is 5. The van der Waals surface area contributed by atoms with E-state index >= 15 is 0 Å². The fourth-order valence-electron chi connectivity index (χ4n) is 6.28. The summed E-state index contributed by atoms with van der Waals surface area (Å²) < 4.78 is 23.8. The van der Waals surface area contributed by atoms with Gasteiger partial charge < -0.3 is 14.4 Å². The van der Waals surface area contributed by atoms with Crippen LogP contribution in [0.4, 0.5) is 4.39 Å². The van der Waals surface area contributed by atoms with Crippen LogP contribution in [0, 0.1) is 34.9 Å². The van der Waals surface area contributed by atoms with Crippen molar-refractivity contribution < 1.29 is 23.5 Å². The average molecular weight is 429 g/mol. The standard InChI is InChI=1S/C24H29FN2O4/c1-16(31-21-5-3-20(25)4-6-21)23(29)30-15-22(28)27(8-2-7-26)24-12-17-9-18(13-24)11-19(10-17)14-24/h3-6,16-19H,2,8-15H2,1H3/t16-,17?,18?,19?,24?/m1/s1. The smallest absolute Gasteiger partial charge is 0.347 e. The third-order valence-electron chi connectivity index (χ3n) is 7.12. The second-order valence-corrected chi connectivity index (χ2v) is 9.42. The van der Waals surface area contributed by atoms with Crippen molar-refractivity contribution in [1.29, 1.82) is 5.26 Å². The van der Waals surface area contributed by atoms with Crippen molar-refractivity contribution in [2.75, 3.05) is 13.2 Å². The van der Waals surface area contributed by atoms with E-state index in [0.717, 1.165) is 19.3 Å². The third-order valence-corrected chi connectivity index (χ3v) is 7.12. The molecule has 0 aliphatic heterocycles. The summed E-state index contributed by atoms with van der Waals surface area (Å²) in [7, 11) is 0. The molecular formula is C24H29FN2O4. The van der Waals surface area contributed by atoms with Gasteiger partial charge in [0.15, 0.2) is 12.7 Å². The average Bonchev–Trinajstić information content (AvgIpc) is 2.72. The zero-order chi connectivity index (χ0) is 22.0. The number of nitriles is 1. The second-order valence-electron chi connectivity index (χ2n) is 9.42. The molecule has 6 nitrogen and oxygen atoms in total. The molecule has 0 radical (unpaired) electrons. The van der Waals surface area contributed by atoms with Crippen molar-refractivity contribution in [3.8, 4) is 11.8 Å². The van der Waals surface area contributed by atoms with Crippen molar-refractivity contribution in [1.82, 2.24) is 4.90 Å². The molecule has 166 valence electrons. The minimum atomic E-state index is -0.926. The van der Waals surface area contributed by atoms with E-state index in [1.54, 1.807) is 0 Å². The Hall–Kier alpha value is -2.62. The number of halogens is 1. The minimum Gasteiger partial charge on any atom is -0.479 e. The Kier molecular flexibility index (Phi) is 6.17. The summed E-state index contributed by atoms with van der Waals surface area (Å²) in [5, 5.41) is 9.11. The Balaban J connectivity index is 1.37. The normalized spacial score (nSPS) is 29.1. The number of esters is 1. The highest BCUT2D eigenvalue weighted by Gasteiger charge is 2.54. The van der Waals surface area contributed by atoms with E-state index < -0.39 is 17.9 Å². The van der Waals surface area contributed by atoms with Crippen molar-refractivity contribution in [2.24, 2.45) is 17.8 Å². The quantitative estimate of drug-likeness (QED) is 0.588. The number of nitrogens with zero attached hydrogens (tertiary/aromatic N) is 2.